The molecule has 0 aliphatic carbocycles. The first kappa shape index (κ1) is 13.0. The summed E-state index contributed by atoms with van der Waals surface area (Å²) < 4.78 is 1.03. The van der Waals surface area contributed by atoms with Crippen molar-refractivity contribution in [3.05, 3.63) is 39.8 Å². The van der Waals surface area contributed by atoms with Crippen LogP contribution in [0.2, 0.25) is 0 Å². The summed E-state index contributed by atoms with van der Waals surface area (Å²) in [6.07, 6.45) is 1.43. The van der Waals surface area contributed by atoms with Gasteiger partial charge in [-0.15, -0.1) is 10.2 Å². The lowest BCUT2D eigenvalue weighted by Gasteiger charge is -2.38. The zero-order valence-electron chi connectivity index (χ0n) is 10.3. The number of hydrogen-bond acceptors (Lipinski definition) is 5. The first-order valence-electron chi connectivity index (χ1n) is 6.17. The Morgan fingerprint density at radius 2 is 1.89 bits per heavy atom. The van der Waals surface area contributed by atoms with Crippen LogP contribution >= 0.6 is 27.3 Å². The maximum absolute atomic E-state index is 10.8. The molecule has 1 fully saturated rings. The van der Waals surface area contributed by atoms with Gasteiger partial charge in [0.1, 0.15) is 5.51 Å². The molecule has 4 nitrogen and oxygen atoms in total. The molecule has 6 heteroatoms. The number of piperidine rings is 1. The summed E-state index contributed by atoms with van der Waals surface area (Å²) in [5.74, 6) is 0. The number of anilines is 1. The fourth-order valence-corrected chi connectivity index (χ4v) is 3.30. The summed E-state index contributed by atoms with van der Waals surface area (Å²) in [5.41, 5.74) is 2.01. The Morgan fingerprint density at radius 3 is 2.47 bits per heavy atom. The Balaban J connectivity index is 1.73. The molecule has 3 rings (SSSR count). The highest BCUT2D eigenvalue weighted by Gasteiger charge is 2.34. The Kier molecular flexibility index (Phi) is 3.56. The quantitative estimate of drug-likeness (QED) is 0.913. The second kappa shape index (κ2) is 5.19. The highest BCUT2D eigenvalue weighted by molar-refractivity contribution is 9.10. The van der Waals surface area contributed by atoms with Crippen LogP contribution in [0.15, 0.2) is 34.2 Å². The van der Waals surface area contributed by atoms with Gasteiger partial charge in [-0.05, 0) is 30.5 Å². The predicted molar refractivity (Wildman–Crippen MR) is 79.4 cm³/mol. The largest absolute Gasteiger partial charge is 0.385 e. The van der Waals surface area contributed by atoms with Gasteiger partial charge in [-0.3, -0.25) is 0 Å². The van der Waals surface area contributed by atoms with E-state index >= 15 is 0 Å². The minimum atomic E-state index is -0.720. The van der Waals surface area contributed by atoms with Crippen LogP contribution in [0.5, 0.6) is 0 Å². The van der Waals surface area contributed by atoms with Crippen molar-refractivity contribution in [2.24, 2.45) is 0 Å². The van der Waals surface area contributed by atoms with Gasteiger partial charge in [0, 0.05) is 17.6 Å². The summed E-state index contributed by atoms with van der Waals surface area (Å²) in [4.78, 5) is 2.19. The second-order valence-corrected chi connectivity index (χ2v) is 6.47. The molecule has 0 spiro atoms. The van der Waals surface area contributed by atoms with Crippen molar-refractivity contribution in [2.45, 2.75) is 18.4 Å². The molecular weight excluding hydrogens is 326 g/mol. The number of halogens is 1. The Hall–Kier alpha value is -0.980. The lowest BCUT2D eigenvalue weighted by atomic mass is 9.85. The van der Waals surface area contributed by atoms with Gasteiger partial charge in [0.2, 0.25) is 5.13 Å². The molecule has 1 aromatic carbocycles. The number of aromatic nitrogens is 2. The highest BCUT2D eigenvalue weighted by Crippen LogP contribution is 2.35. The molecule has 0 amide bonds. The standard InChI is InChI=1S/C13H14BrN3OS/c14-11-3-1-10(2-4-11)13(18)5-7-17(8-6-13)12-16-15-9-19-12/h1-4,9,18H,5-8H2. The third kappa shape index (κ3) is 2.66. The lowest BCUT2D eigenvalue weighted by Crippen LogP contribution is -2.42. The molecule has 1 N–H and O–H groups in total. The number of aliphatic hydroxyl groups is 1. The van der Waals surface area contributed by atoms with Crippen LogP contribution in [0.3, 0.4) is 0 Å². The molecule has 100 valence electrons. The van der Waals surface area contributed by atoms with Crippen molar-refractivity contribution in [1.29, 1.82) is 0 Å². The molecular formula is C13H14BrN3OS. The van der Waals surface area contributed by atoms with E-state index in [0.29, 0.717) is 12.8 Å². The topological polar surface area (TPSA) is 49.2 Å². The Bertz CT molecular complexity index is 536. The third-order valence-corrected chi connectivity index (χ3v) is 4.87. The molecule has 1 aliphatic heterocycles. The minimum Gasteiger partial charge on any atom is -0.385 e. The normalized spacial score (nSPS) is 18.5. The van der Waals surface area contributed by atoms with E-state index in [1.165, 1.54) is 0 Å². The van der Waals surface area contributed by atoms with Gasteiger partial charge in [0.15, 0.2) is 0 Å². The number of nitrogens with zero attached hydrogens (tertiary/aromatic N) is 3. The molecule has 0 atom stereocenters. The Morgan fingerprint density at radius 1 is 1.21 bits per heavy atom. The summed E-state index contributed by atoms with van der Waals surface area (Å²) in [7, 11) is 0. The zero-order chi connectivity index (χ0) is 13.3. The van der Waals surface area contributed by atoms with Crippen LogP contribution in [-0.4, -0.2) is 28.4 Å². The van der Waals surface area contributed by atoms with Crippen LogP contribution in [-0.2, 0) is 5.60 Å². The average Bonchev–Trinajstić information content (AvgIpc) is 2.94. The predicted octanol–water partition coefficient (Wildman–Crippen LogP) is 2.79. The molecule has 1 saturated heterocycles. The summed E-state index contributed by atoms with van der Waals surface area (Å²) in [6.45, 7) is 1.61. The molecule has 1 aliphatic rings. The summed E-state index contributed by atoms with van der Waals surface area (Å²) in [6, 6.07) is 7.93. The SMILES string of the molecule is OC1(c2ccc(Br)cc2)CCN(c2nncs2)CC1. The van der Waals surface area contributed by atoms with Crippen molar-refractivity contribution < 1.29 is 5.11 Å². The van der Waals surface area contributed by atoms with E-state index in [9.17, 15) is 5.11 Å². The highest BCUT2D eigenvalue weighted by atomic mass is 79.9. The lowest BCUT2D eigenvalue weighted by molar-refractivity contribution is 0.0117. The first-order valence-corrected chi connectivity index (χ1v) is 7.84. The number of rotatable bonds is 2. The van der Waals surface area contributed by atoms with Gasteiger partial charge >= 0.3 is 0 Å². The monoisotopic (exact) mass is 339 g/mol. The van der Waals surface area contributed by atoms with Gasteiger partial charge in [-0.2, -0.15) is 0 Å². The van der Waals surface area contributed by atoms with E-state index in [1.54, 1.807) is 16.8 Å². The fourth-order valence-electron chi connectivity index (χ4n) is 2.42. The van der Waals surface area contributed by atoms with Gasteiger partial charge in [-0.1, -0.05) is 39.4 Å². The van der Waals surface area contributed by atoms with E-state index in [2.05, 4.69) is 31.0 Å². The average molecular weight is 340 g/mol. The van der Waals surface area contributed by atoms with Crippen LogP contribution in [0, 0.1) is 0 Å². The van der Waals surface area contributed by atoms with Crippen LogP contribution in [0.1, 0.15) is 18.4 Å². The molecule has 0 unspecified atom stereocenters. The number of hydrogen-bond donors (Lipinski definition) is 1. The van der Waals surface area contributed by atoms with E-state index < -0.39 is 5.60 Å². The van der Waals surface area contributed by atoms with E-state index in [-0.39, 0.29) is 0 Å². The number of benzene rings is 1. The van der Waals surface area contributed by atoms with Crippen LogP contribution < -0.4 is 4.90 Å². The molecule has 0 radical (unpaired) electrons. The van der Waals surface area contributed by atoms with Gasteiger partial charge in [0.25, 0.3) is 0 Å². The maximum Gasteiger partial charge on any atom is 0.208 e. The fraction of sp³-hybridized carbons (Fsp3) is 0.385. The maximum atomic E-state index is 10.8. The van der Waals surface area contributed by atoms with Crippen molar-refractivity contribution >= 4 is 32.4 Å². The molecule has 0 bridgehead atoms. The van der Waals surface area contributed by atoms with Gasteiger partial charge in [-0.25, -0.2) is 0 Å². The molecule has 1 aromatic heterocycles. The molecule has 2 heterocycles. The van der Waals surface area contributed by atoms with Crippen LogP contribution in [0.25, 0.3) is 0 Å². The summed E-state index contributed by atoms with van der Waals surface area (Å²) >= 11 is 4.96. The van der Waals surface area contributed by atoms with Crippen LogP contribution in [0.4, 0.5) is 5.13 Å². The third-order valence-electron chi connectivity index (χ3n) is 3.59. The minimum absolute atomic E-state index is 0.716. The molecule has 19 heavy (non-hydrogen) atoms. The van der Waals surface area contributed by atoms with Crippen molar-refractivity contribution in [1.82, 2.24) is 10.2 Å². The van der Waals surface area contributed by atoms with E-state index in [1.807, 2.05) is 24.3 Å². The summed E-state index contributed by atoms with van der Waals surface area (Å²) in [5, 5.41) is 19.7. The molecule has 0 saturated carbocycles. The second-order valence-electron chi connectivity index (χ2n) is 4.75. The first-order chi connectivity index (χ1) is 9.17. The smallest absolute Gasteiger partial charge is 0.208 e. The van der Waals surface area contributed by atoms with Crippen molar-refractivity contribution in [3.8, 4) is 0 Å². The van der Waals surface area contributed by atoms with E-state index in [4.69, 9.17) is 0 Å². The Labute approximate surface area is 124 Å². The molecule has 2 aromatic rings. The van der Waals surface area contributed by atoms with E-state index in [0.717, 1.165) is 28.3 Å². The zero-order valence-corrected chi connectivity index (χ0v) is 12.7. The van der Waals surface area contributed by atoms with Crippen molar-refractivity contribution in [2.75, 3.05) is 18.0 Å². The van der Waals surface area contributed by atoms with Gasteiger partial charge in [0.05, 0.1) is 5.60 Å². The van der Waals surface area contributed by atoms with Gasteiger partial charge < -0.3 is 10.0 Å². The van der Waals surface area contributed by atoms with Crippen molar-refractivity contribution in [3.63, 3.8) is 0 Å².